The van der Waals surface area contributed by atoms with E-state index in [1.165, 1.54) is 18.7 Å². The van der Waals surface area contributed by atoms with Gasteiger partial charge in [0.15, 0.2) is 5.82 Å². The van der Waals surface area contributed by atoms with Crippen LogP contribution in [0, 0.1) is 11.3 Å². The van der Waals surface area contributed by atoms with E-state index < -0.39 is 0 Å². The first kappa shape index (κ1) is 6.61. The van der Waals surface area contributed by atoms with Gasteiger partial charge in [0.25, 0.3) is 0 Å². The molecule has 12 heavy (non-hydrogen) atoms. The Balaban J connectivity index is 2.87. The summed E-state index contributed by atoms with van der Waals surface area (Å²) in [4.78, 5) is 15.5. The third kappa shape index (κ3) is 0.864. The topological polar surface area (TPSA) is 74.3 Å². The second kappa shape index (κ2) is 2.51. The average Bonchev–Trinajstić information content (AvgIpc) is 2.53. The van der Waals surface area contributed by atoms with Gasteiger partial charge in [-0.2, -0.15) is 5.26 Å². The Morgan fingerprint density at radius 1 is 1.42 bits per heavy atom. The van der Waals surface area contributed by atoms with Crippen LogP contribution in [0.3, 0.4) is 0 Å². The number of hydrogen-bond acceptors (Lipinski definition) is 5. The van der Waals surface area contributed by atoms with Crippen molar-refractivity contribution < 1.29 is 0 Å². The zero-order valence-corrected chi connectivity index (χ0v) is 5.97. The molecule has 0 N–H and O–H groups in total. The molecule has 0 radical (unpaired) electrons. The monoisotopic (exact) mass is 157 g/mol. The van der Waals surface area contributed by atoms with Gasteiger partial charge in [0.2, 0.25) is 0 Å². The standard InChI is InChI=1S/C7H3N5/c8-2-1-5-6-7(11-3-9-5)12-4-10-6/h1,3-4H. The highest BCUT2D eigenvalue weighted by Gasteiger charge is 2.01. The summed E-state index contributed by atoms with van der Waals surface area (Å²) in [7, 11) is 0. The van der Waals surface area contributed by atoms with Crippen LogP contribution >= 0.6 is 0 Å². The molecule has 56 valence electrons. The number of hydrogen-bond donors (Lipinski definition) is 0. The second-order valence-corrected chi connectivity index (χ2v) is 2.08. The number of rotatable bonds is 0. The number of nitrogens with zero attached hydrogens (tertiary/aromatic N) is 5. The molecule has 5 heteroatoms. The number of aliphatic imine (C=N–C) groups is 1. The SMILES string of the molecule is N#CC=c1ncnc2c1=NC=N2. The van der Waals surface area contributed by atoms with E-state index in [1.54, 1.807) is 0 Å². The van der Waals surface area contributed by atoms with Gasteiger partial charge >= 0.3 is 0 Å². The summed E-state index contributed by atoms with van der Waals surface area (Å²) in [5.74, 6) is 0.520. The summed E-state index contributed by atoms with van der Waals surface area (Å²) in [6, 6.07) is 1.88. The van der Waals surface area contributed by atoms with Gasteiger partial charge in [-0.3, -0.25) is 0 Å². The molecule has 0 aliphatic carbocycles. The van der Waals surface area contributed by atoms with E-state index in [4.69, 9.17) is 5.26 Å². The lowest BCUT2D eigenvalue weighted by atomic mass is 10.4. The lowest BCUT2D eigenvalue weighted by Gasteiger charge is -1.85. The molecule has 2 heterocycles. The van der Waals surface area contributed by atoms with Crippen LogP contribution in [0.1, 0.15) is 0 Å². The minimum Gasteiger partial charge on any atom is -0.234 e. The molecule has 1 aliphatic rings. The van der Waals surface area contributed by atoms with E-state index in [2.05, 4.69) is 20.0 Å². The molecular formula is C7H3N5. The first-order valence-corrected chi connectivity index (χ1v) is 3.23. The van der Waals surface area contributed by atoms with E-state index in [0.717, 1.165) is 0 Å². The summed E-state index contributed by atoms with van der Waals surface area (Å²) in [5, 5.41) is 9.48. The second-order valence-electron chi connectivity index (χ2n) is 2.08. The van der Waals surface area contributed by atoms with Gasteiger partial charge in [0.05, 0.1) is 6.07 Å². The third-order valence-corrected chi connectivity index (χ3v) is 1.40. The van der Waals surface area contributed by atoms with Crippen LogP contribution in [0.5, 0.6) is 0 Å². The van der Waals surface area contributed by atoms with Gasteiger partial charge in [-0.15, -0.1) is 0 Å². The molecule has 1 aromatic heterocycles. The lowest BCUT2D eigenvalue weighted by molar-refractivity contribution is 1.08. The molecule has 0 aromatic carbocycles. The largest absolute Gasteiger partial charge is 0.234 e. The van der Waals surface area contributed by atoms with E-state index in [1.807, 2.05) is 6.07 Å². The lowest BCUT2D eigenvalue weighted by Crippen LogP contribution is -2.27. The highest BCUT2D eigenvalue weighted by molar-refractivity contribution is 5.64. The zero-order chi connectivity index (χ0) is 8.39. The van der Waals surface area contributed by atoms with Crippen LogP contribution in [0.2, 0.25) is 0 Å². The van der Waals surface area contributed by atoms with Crippen molar-refractivity contribution in [3.63, 3.8) is 0 Å². The first-order chi connectivity index (χ1) is 5.92. The molecule has 1 aliphatic heterocycles. The fourth-order valence-corrected chi connectivity index (χ4v) is 0.909. The van der Waals surface area contributed by atoms with Crippen molar-refractivity contribution in [3.05, 3.63) is 17.0 Å². The van der Waals surface area contributed by atoms with Crippen LogP contribution in [0.15, 0.2) is 16.3 Å². The van der Waals surface area contributed by atoms with Crippen LogP contribution in [0.4, 0.5) is 5.82 Å². The van der Waals surface area contributed by atoms with Gasteiger partial charge < -0.3 is 0 Å². The van der Waals surface area contributed by atoms with Crippen molar-refractivity contribution in [1.82, 2.24) is 9.97 Å². The quantitative estimate of drug-likeness (QED) is 0.488. The average molecular weight is 157 g/mol. The van der Waals surface area contributed by atoms with Crippen molar-refractivity contribution in [2.24, 2.45) is 9.98 Å². The van der Waals surface area contributed by atoms with Crippen LogP contribution in [-0.2, 0) is 0 Å². The molecule has 0 unspecified atom stereocenters. The molecule has 0 bridgehead atoms. The van der Waals surface area contributed by atoms with Crippen molar-refractivity contribution in [2.75, 3.05) is 0 Å². The molecule has 0 saturated carbocycles. The molecular weight excluding hydrogens is 154 g/mol. The summed E-state index contributed by atoms with van der Waals surface area (Å²) >= 11 is 0. The van der Waals surface area contributed by atoms with Crippen molar-refractivity contribution in [3.8, 4) is 6.07 Å². The van der Waals surface area contributed by atoms with Gasteiger partial charge in [-0.25, -0.2) is 20.0 Å². The first-order valence-electron chi connectivity index (χ1n) is 3.23. The molecule has 5 nitrogen and oxygen atoms in total. The maximum atomic E-state index is 8.40. The number of nitriles is 1. The van der Waals surface area contributed by atoms with E-state index in [-0.39, 0.29) is 0 Å². The van der Waals surface area contributed by atoms with Gasteiger partial charge in [-0.1, -0.05) is 0 Å². The Hall–Kier alpha value is -2.09. The van der Waals surface area contributed by atoms with Gasteiger partial charge in [0.1, 0.15) is 23.4 Å². The molecule has 0 saturated heterocycles. The third-order valence-electron chi connectivity index (χ3n) is 1.40. The summed E-state index contributed by atoms with van der Waals surface area (Å²) in [6.07, 6.45) is 4.08. The number of aromatic nitrogens is 2. The minimum atomic E-state index is 0.514. The van der Waals surface area contributed by atoms with Crippen molar-refractivity contribution in [1.29, 1.82) is 5.26 Å². The molecule has 0 spiro atoms. The Labute approximate surface area is 67.5 Å². The fraction of sp³-hybridized carbons (Fsp3) is 0. The fourth-order valence-electron chi connectivity index (χ4n) is 0.909. The van der Waals surface area contributed by atoms with Gasteiger partial charge in [-0.05, 0) is 0 Å². The van der Waals surface area contributed by atoms with Crippen LogP contribution in [0.25, 0.3) is 6.08 Å². The Bertz CT molecular complexity index is 494. The Morgan fingerprint density at radius 3 is 3.17 bits per heavy atom. The van der Waals surface area contributed by atoms with Crippen molar-refractivity contribution >= 4 is 18.2 Å². The molecule has 0 atom stereocenters. The van der Waals surface area contributed by atoms with Crippen LogP contribution < -0.4 is 10.7 Å². The molecule has 1 aromatic rings. The maximum Gasteiger partial charge on any atom is 0.183 e. The zero-order valence-electron chi connectivity index (χ0n) is 5.97. The summed E-state index contributed by atoms with van der Waals surface area (Å²) in [5.41, 5.74) is 0. The highest BCUT2D eigenvalue weighted by atomic mass is 15.0. The van der Waals surface area contributed by atoms with Crippen molar-refractivity contribution in [2.45, 2.75) is 0 Å². The Morgan fingerprint density at radius 2 is 2.33 bits per heavy atom. The number of fused-ring (bicyclic) bond motifs is 1. The predicted molar refractivity (Wildman–Crippen MR) is 41.0 cm³/mol. The van der Waals surface area contributed by atoms with Gasteiger partial charge in [0, 0.05) is 6.08 Å². The molecule has 0 amide bonds. The molecule has 0 fully saturated rings. The van der Waals surface area contributed by atoms with E-state index in [0.29, 0.717) is 16.5 Å². The van der Waals surface area contributed by atoms with E-state index in [9.17, 15) is 0 Å². The van der Waals surface area contributed by atoms with E-state index >= 15 is 0 Å². The highest BCUT2D eigenvalue weighted by Crippen LogP contribution is 1.96. The van der Waals surface area contributed by atoms with Crippen LogP contribution in [-0.4, -0.2) is 16.3 Å². The minimum absolute atomic E-state index is 0.514. The molecule has 2 rings (SSSR count). The maximum absolute atomic E-state index is 8.40. The summed E-state index contributed by atoms with van der Waals surface area (Å²) < 4.78 is 0. The predicted octanol–water partition coefficient (Wildman–Crippen LogP) is -0.926. The smallest absolute Gasteiger partial charge is 0.183 e. The Kier molecular flexibility index (Phi) is 1.38. The normalized spacial score (nSPS) is 13.8. The summed E-state index contributed by atoms with van der Waals surface area (Å²) in [6.45, 7) is 0.